The number of hydrogen-bond donors (Lipinski definition) is 3. The number of guanidine groups is 1. The summed E-state index contributed by atoms with van der Waals surface area (Å²) in [7, 11) is 1.53. The number of nitrogens with one attached hydrogen (secondary N) is 2. The van der Waals surface area contributed by atoms with Crippen molar-refractivity contribution in [2.45, 2.75) is 19.8 Å². The summed E-state index contributed by atoms with van der Waals surface area (Å²) in [5.41, 5.74) is 1.99. The number of methoxy groups -OCH3 is 1. The van der Waals surface area contributed by atoms with Crippen molar-refractivity contribution in [1.82, 2.24) is 10.6 Å². The standard InChI is InChI=1S/C20H26FN3O2.HI/c1-3-22-20(23-11-9-15-5-4-6-17(21)13-15)24-12-10-16-7-8-18(25)19(14-16)26-2;/h4-8,13-14,25H,3,9-12H2,1-2H3,(H2,22,23,24);1H. The zero-order chi connectivity index (χ0) is 18.8. The van der Waals surface area contributed by atoms with Gasteiger partial charge in [-0.1, -0.05) is 18.2 Å². The number of benzene rings is 2. The Morgan fingerprint density at radius 2 is 1.89 bits per heavy atom. The van der Waals surface area contributed by atoms with Crippen LogP contribution in [-0.2, 0) is 12.8 Å². The molecule has 0 unspecified atom stereocenters. The van der Waals surface area contributed by atoms with Gasteiger partial charge in [-0.15, -0.1) is 24.0 Å². The number of halogens is 2. The first-order chi connectivity index (χ1) is 12.6. The Bertz CT molecular complexity index is 741. The Hall–Kier alpha value is -2.03. The fraction of sp³-hybridized carbons (Fsp3) is 0.350. The van der Waals surface area contributed by atoms with Crippen LogP contribution in [0.3, 0.4) is 0 Å². The quantitative estimate of drug-likeness (QED) is 0.303. The number of nitrogens with zero attached hydrogens (tertiary/aromatic N) is 1. The molecular formula is C20H27FIN3O2. The summed E-state index contributed by atoms with van der Waals surface area (Å²) in [6.45, 7) is 4.04. The maximum Gasteiger partial charge on any atom is 0.191 e. The lowest BCUT2D eigenvalue weighted by Crippen LogP contribution is -2.38. The van der Waals surface area contributed by atoms with Crippen molar-refractivity contribution in [3.63, 3.8) is 0 Å². The molecule has 0 radical (unpaired) electrons. The average molecular weight is 487 g/mol. The maximum absolute atomic E-state index is 13.2. The predicted molar refractivity (Wildman–Crippen MR) is 118 cm³/mol. The Morgan fingerprint density at radius 1 is 1.11 bits per heavy atom. The molecule has 0 spiro atoms. The van der Waals surface area contributed by atoms with Crippen LogP contribution in [0.5, 0.6) is 11.5 Å². The summed E-state index contributed by atoms with van der Waals surface area (Å²) < 4.78 is 18.3. The molecule has 2 rings (SSSR count). The fourth-order valence-electron chi connectivity index (χ4n) is 2.53. The van der Waals surface area contributed by atoms with Crippen molar-refractivity contribution in [2.24, 2.45) is 4.99 Å². The molecule has 0 aromatic heterocycles. The van der Waals surface area contributed by atoms with Crippen molar-refractivity contribution >= 4 is 29.9 Å². The molecular weight excluding hydrogens is 460 g/mol. The van der Waals surface area contributed by atoms with E-state index in [1.54, 1.807) is 18.2 Å². The van der Waals surface area contributed by atoms with Crippen molar-refractivity contribution in [1.29, 1.82) is 0 Å². The number of aromatic hydroxyl groups is 1. The van der Waals surface area contributed by atoms with Gasteiger partial charge in [-0.05, 0) is 55.2 Å². The van der Waals surface area contributed by atoms with Crippen LogP contribution in [0.1, 0.15) is 18.1 Å². The van der Waals surface area contributed by atoms with Crippen LogP contribution < -0.4 is 15.4 Å². The van der Waals surface area contributed by atoms with Gasteiger partial charge in [-0.2, -0.15) is 0 Å². The second kappa shape index (κ2) is 12.4. The minimum absolute atomic E-state index is 0. The molecule has 0 bridgehead atoms. The van der Waals surface area contributed by atoms with Gasteiger partial charge in [-0.3, -0.25) is 4.99 Å². The predicted octanol–water partition coefficient (Wildman–Crippen LogP) is 3.50. The summed E-state index contributed by atoms with van der Waals surface area (Å²) in [5, 5.41) is 16.1. The highest BCUT2D eigenvalue weighted by Crippen LogP contribution is 2.26. The molecule has 3 N–H and O–H groups in total. The van der Waals surface area contributed by atoms with Gasteiger partial charge in [0.1, 0.15) is 5.82 Å². The zero-order valence-corrected chi connectivity index (χ0v) is 18.0. The first kappa shape index (κ1) is 23.0. The van der Waals surface area contributed by atoms with Gasteiger partial charge in [0.2, 0.25) is 0 Å². The summed E-state index contributed by atoms with van der Waals surface area (Å²) >= 11 is 0. The molecule has 0 saturated carbocycles. The number of ether oxygens (including phenoxy) is 1. The highest BCUT2D eigenvalue weighted by atomic mass is 127. The lowest BCUT2D eigenvalue weighted by Gasteiger charge is -2.11. The van der Waals surface area contributed by atoms with E-state index in [1.165, 1.54) is 13.2 Å². The smallest absolute Gasteiger partial charge is 0.191 e. The molecule has 148 valence electrons. The van der Waals surface area contributed by atoms with Crippen molar-refractivity contribution in [3.8, 4) is 11.5 Å². The normalized spacial score (nSPS) is 10.9. The van der Waals surface area contributed by atoms with Gasteiger partial charge in [-0.25, -0.2) is 4.39 Å². The first-order valence-corrected chi connectivity index (χ1v) is 8.75. The van der Waals surface area contributed by atoms with Crippen LogP contribution in [0.2, 0.25) is 0 Å². The number of hydrogen-bond acceptors (Lipinski definition) is 3. The Labute approximate surface area is 177 Å². The molecule has 0 aliphatic heterocycles. The van der Waals surface area contributed by atoms with Gasteiger partial charge in [0, 0.05) is 19.6 Å². The van der Waals surface area contributed by atoms with Crippen LogP contribution >= 0.6 is 24.0 Å². The number of aliphatic imine (C=N–C) groups is 1. The first-order valence-electron chi connectivity index (χ1n) is 8.75. The SMILES string of the molecule is CCNC(=NCCc1ccc(O)c(OC)c1)NCCc1cccc(F)c1.I. The molecule has 0 amide bonds. The molecule has 5 nitrogen and oxygen atoms in total. The molecule has 0 heterocycles. The highest BCUT2D eigenvalue weighted by molar-refractivity contribution is 14.0. The van der Waals surface area contributed by atoms with E-state index >= 15 is 0 Å². The average Bonchev–Trinajstić information content (AvgIpc) is 2.63. The lowest BCUT2D eigenvalue weighted by atomic mass is 10.1. The summed E-state index contributed by atoms with van der Waals surface area (Å²) in [4.78, 5) is 4.55. The Morgan fingerprint density at radius 3 is 2.59 bits per heavy atom. The van der Waals surface area contributed by atoms with E-state index in [2.05, 4.69) is 15.6 Å². The van der Waals surface area contributed by atoms with E-state index in [-0.39, 0.29) is 35.5 Å². The Kier molecular flexibility index (Phi) is 10.5. The highest BCUT2D eigenvalue weighted by Gasteiger charge is 2.03. The lowest BCUT2D eigenvalue weighted by molar-refractivity contribution is 0.373. The van der Waals surface area contributed by atoms with Gasteiger partial charge < -0.3 is 20.5 Å². The van der Waals surface area contributed by atoms with E-state index in [1.807, 2.05) is 25.1 Å². The fourth-order valence-corrected chi connectivity index (χ4v) is 2.53. The monoisotopic (exact) mass is 487 g/mol. The van der Waals surface area contributed by atoms with Crippen LogP contribution in [0.15, 0.2) is 47.5 Å². The molecule has 0 saturated heterocycles. The molecule has 0 atom stereocenters. The molecule has 0 fully saturated rings. The third-order valence-corrected chi connectivity index (χ3v) is 3.85. The van der Waals surface area contributed by atoms with E-state index < -0.39 is 0 Å². The minimum atomic E-state index is -0.215. The van der Waals surface area contributed by atoms with E-state index in [0.29, 0.717) is 18.8 Å². The Balaban J connectivity index is 0.00000364. The molecule has 2 aromatic carbocycles. The van der Waals surface area contributed by atoms with Crippen molar-refractivity contribution in [2.75, 3.05) is 26.7 Å². The third-order valence-electron chi connectivity index (χ3n) is 3.85. The van der Waals surface area contributed by atoms with Crippen molar-refractivity contribution < 1.29 is 14.2 Å². The van der Waals surface area contributed by atoms with E-state index in [4.69, 9.17) is 4.74 Å². The molecule has 27 heavy (non-hydrogen) atoms. The number of phenolic OH excluding ortho intramolecular Hbond substituents is 1. The largest absolute Gasteiger partial charge is 0.504 e. The molecule has 7 heteroatoms. The van der Waals surface area contributed by atoms with Crippen molar-refractivity contribution in [3.05, 3.63) is 59.4 Å². The van der Waals surface area contributed by atoms with Gasteiger partial charge in [0.15, 0.2) is 17.5 Å². The number of phenols is 1. The molecule has 2 aromatic rings. The van der Waals surface area contributed by atoms with Gasteiger partial charge in [0.05, 0.1) is 7.11 Å². The second-order valence-corrected chi connectivity index (χ2v) is 5.82. The zero-order valence-electron chi connectivity index (χ0n) is 15.7. The summed E-state index contributed by atoms with van der Waals surface area (Å²) in [5.74, 6) is 1.11. The van der Waals surface area contributed by atoms with Crippen LogP contribution in [-0.4, -0.2) is 37.8 Å². The van der Waals surface area contributed by atoms with Gasteiger partial charge >= 0.3 is 0 Å². The van der Waals surface area contributed by atoms with Crippen LogP contribution in [0, 0.1) is 5.82 Å². The van der Waals surface area contributed by atoms with Crippen LogP contribution in [0.4, 0.5) is 4.39 Å². The summed E-state index contributed by atoms with van der Waals surface area (Å²) in [6, 6.07) is 11.9. The molecule has 0 aliphatic rings. The minimum Gasteiger partial charge on any atom is -0.504 e. The second-order valence-electron chi connectivity index (χ2n) is 5.82. The summed E-state index contributed by atoms with van der Waals surface area (Å²) in [6.07, 6.45) is 1.45. The topological polar surface area (TPSA) is 65.9 Å². The van der Waals surface area contributed by atoms with Crippen LogP contribution in [0.25, 0.3) is 0 Å². The van der Waals surface area contributed by atoms with Gasteiger partial charge in [0.25, 0.3) is 0 Å². The maximum atomic E-state index is 13.2. The van der Waals surface area contributed by atoms with E-state index in [0.717, 1.165) is 36.5 Å². The van der Waals surface area contributed by atoms with E-state index in [9.17, 15) is 9.50 Å². The number of rotatable bonds is 8. The third kappa shape index (κ3) is 8.03. The molecule has 0 aliphatic carbocycles.